The van der Waals surface area contributed by atoms with Crippen LogP contribution in [-0.2, 0) is 0 Å². The van der Waals surface area contributed by atoms with Gasteiger partial charge in [0, 0.05) is 16.1 Å². The predicted molar refractivity (Wildman–Crippen MR) is 90.7 cm³/mol. The van der Waals surface area contributed by atoms with Crippen LogP contribution in [0.5, 0.6) is 5.75 Å². The van der Waals surface area contributed by atoms with E-state index < -0.39 is 0 Å². The van der Waals surface area contributed by atoms with E-state index in [2.05, 4.69) is 55.0 Å². The summed E-state index contributed by atoms with van der Waals surface area (Å²) < 4.78 is 6.86. The van der Waals surface area contributed by atoms with Crippen LogP contribution < -0.4 is 10.1 Å². The van der Waals surface area contributed by atoms with Crippen LogP contribution in [-0.4, -0.2) is 13.7 Å². The number of benzene rings is 1. The SMILES string of the molecule is CCCCCC(NCC)c1c(C)c(Br)cc(C)c1OC. The number of hydrogen-bond acceptors (Lipinski definition) is 2. The number of nitrogens with one attached hydrogen (secondary N) is 1. The Hall–Kier alpha value is -0.540. The first kappa shape index (κ1) is 17.5. The summed E-state index contributed by atoms with van der Waals surface area (Å²) in [4.78, 5) is 0. The Morgan fingerprint density at radius 2 is 1.95 bits per heavy atom. The minimum atomic E-state index is 0.373. The van der Waals surface area contributed by atoms with Gasteiger partial charge in [-0.25, -0.2) is 0 Å². The van der Waals surface area contributed by atoms with Gasteiger partial charge in [0.05, 0.1) is 7.11 Å². The Labute approximate surface area is 132 Å². The summed E-state index contributed by atoms with van der Waals surface area (Å²) in [5.74, 6) is 1.04. The molecule has 20 heavy (non-hydrogen) atoms. The number of unbranched alkanes of at least 4 members (excludes halogenated alkanes) is 2. The first-order chi connectivity index (χ1) is 9.56. The molecule has 0 heterocycles. The average Bonchev–Trinajstić information content (AvgIpc) is 2.42. The highest BCUT2D eigenvalue weighted by Crippen LogP contribution is 2.38. The summed E-state index contributed by atoms with van der Waals surface area (Å²) in [7, 11) is 1.77. The summed E-state index contributed by atoms with van der Waals surface area (Å²) in [5, 5.41) is 3.63. The van der Waals surface area contributed by atoms with E-state index in [4.69, 9.17) is 4.74 Å². The average molecular weight is 342 g/mol. The number of ether oxygens (including phenoxy) is 1. The molecule has 0 bridgehead atoms. The Balaban J connectivity index is 3.16. The standard InChI is InChI=1S/C17H28BrNO/c1-6-8-9-10-15(19-7-2)16-13(4)14(18)11-12(3)17(16)20-5/h11,15,19H,6-10H2,1-5H3. The Kier molecular flexibility index (Phi) is 7.60. The van der Waals surface area contributed by atoms with Crippen molar-refractivity contribution < 1.29 is 4.74 Å². The monoisotopic (exact) mass is 341 g/mol. The van der Waals surface area contributed by atoms with Gasteiger partial charge in [0.25, 0.3) is 0 Å². The number of methoxy groups -OCH3 is 1. The lowest BCUT2D eigenvalue weighted by Gasteiger charge is -2.25. The molecule has 1 atom stereocenters. The zero-order chi connectivity index (χ0) is 15.1. The molecule has 0 aliphatic rings. The van der Waals surface area contributed by atoms with Gasteiger partial charge in [-0.05, 0) is 44.0 Å². The second-order valence-corrected chi connectivity index (χ2v) is 6.21. The van der Waals surface area contributed by atoms with Crippen LogP contribution in [0.3, 0.4) is 0 Å². The molecule has 0 aromatic heterocycles. The molecule has 114 valence electrons. The molecule has 1 rings (SSSR count). The maximum atomic E-state index is 5.68. The van der Waals surface area contributed by atoms with Gasteiger partial charge in [-0.15, -0.1) is 0 Å². The van der Waals surface area contributed by atoms with E-state index >= 15 is 0 Å². The van der Waals surface area contributed by atoms with Gasteiger partial charge in [0.2, 0.25) is 0 Å². The molecule has 1 aromatic carbocycles. The largest absolute Gasteiger partial charge is 0.496 e. The Morgan fingerprint density at radius 3 is 2.50 bits per heavy atom. The lowest BCUT2D eigenvalue weighted by Crippen LogP contribution is -2.23. The van der Waals surface area contributed by atoms with Crippen LogP contribution in [0.2, 0.25) is 0 Å². The van der Waals surface area contributed by atoms with Crippen molar-refractivity contribution in [2.24, 2.45) is 0 Å². The quantitative estimate of drug-likeness (QED) is 0.647. The van der Waals surface area contributed by atoms with Crippen molar-refractivity contribution >= 4 is 15.9 Å². The maximum absolute atomic E-state index is 5.68. The van der Waals surface area contributed by atoms with E-state index in [0.29, 0.717) is 6.04 Å². The van der Waals surface area contributed by atoms with E-state index in [1.165, 1.54) is 40.4 Å². The smallest absolute Gasteiger partial charge is 0.126 e. The third-order valence-electron chi connectivity index (χ3n) is 3.81. The number of hydrogen-bond donors (Lipinski definition) is 1. The van der Waals surface area contributed by atoms with Gasteiger partial charge in [-0.1, -0.05) is 49.0 Å². The van der Waals surface area contributed by atoms with Gasteiger partial charge in [0.15, 0.2) is 0 Å². The van der Waals surface area contributed by atoms with E-state index in [1.807, 2.05) is 0 Å². The minimum Gasteiger partial charge on any atom is -0.496 e. The maximum Gasteiger partial charge on any atom is 0.126 e. The van der Waals surface area contributed by atoms with Gasteiger partial charge in [-0.2, -0.15) is 0 Å². The molecule has 0 radical (unpaired) electrons. The summed E-state index contributed by atoms with van der Waals surface area (Å²) in [5.41, 5.74) is 3.80. The summed E-state index contributed by atoms with van der Waals surface area (Å²) in [6, 6.07) is 2.52. The van der Waals surface area contributed by atoms with Crippen molar-refractivity contribution in [1.82, 2.24) is 5.32 Å². The number of rotatable bonds is 8. The predicted octanol–water partition coefficient (Wildman–Crippen LogP) is 5.31. The topological polar surface area (TPSA) is 21.3 Å². The highest BCUT2D eigenvalue weighted by Gasteiger charge is 2.20. The molecule has 0 saturated heterocycles. The van der Waals surface area contributed by atoms with Crippen LogP contribution >= 0.6 is 15.9 Å². The fraction of sp³-hybridized carbons (Fsp3) is 0.647. The van der Waals surface area contributed by atoms with Gasteiger partial charge < -0.3 is 10.1 Å². The molecule has 2 nitrogen and oxygen atoms in total. The van der Waals surface area contributed by atoms with Crippen molar-refractivity contribution in [3.8, 4) is 5.75 Å². The molecule has 0 spiro atoms. The van der Waals surface area contributed by atoms with E-state index in [9.17, 15) is 0 Å². The van der Waals surface area contributed by atoms with Gasteiger partial charge in [0.1, 0.15) is 5.75 Å². The van der Waals surface area contributed by atoms with Crippen LogP contribution in [0.15, 0.2) is 10.5 Å². The van der Waals surface area contributed by atoms with Gasteiger partial charge in [-0.3, -0.25) is 0 Å². The van der Waals surface area contributed by atoms with Crippen LogP contribution in [0.25, 0.3) is 0 Å². The van der Waals surface area contributed by atoms with Crippen molar-refractivity contribution in [2.75, 3.05) is 13.7 Å². The Bertz CT molecular complexity index is 431. The molecule has 0 fully saturated rings. The normalized spacial score (nSPS) is 12.5. The first-order valence-corrected chi connectivity index (χ1v) is 8.43. The first-order valence-electron chi connectivity index (χ1n) is 7.63. The molecular weight excluding hydrogens is 314 g/mol. The molecule has 0 amide bonds. The summed E-state index contributed by atoms with van der Waals surface area (Å²) >= 11 is 3.68. The lowest BCUT2D eigenvalue weighted by atomic mass is 9.93. The van der Waals surface area contributed by atoms with Crippen molar-refractivity contribution in [3.63, 3.8) is 0 Å². The van der Waals surface area contributed by atoms with Crippen LogP contribution in [0.4, 0.5) is 0 Å². The number of aryl methyl sites for hydroxylation is 1. The second kappa shape index (κ2) is 8.68. The third kappa shape index (κ3) is 4.23. The molecular formula is C17H28BrNO. The van der Waals surface area contributed by atoms with E-state index in [0.717, 1.165) is 18.7 Å². The zero-order valence-corrected chi connectivity index (χ0v) is 15.1. The van der Waals surface area contributed by atoms with E-state index in [-0.39, 0.29) is 0 Å². The molecule has 3 heteroatoms. The van der Waals surface area contributed by atoms with Crippen molar-refractivity contribution in [2.45, 2.75) is 59.4 Å². The fourth-order valence-electron chi connectivity index (χ4n) is 2.76. The van der Waals surface area contributed by atoms with Crippen molar-refractivity contribution in [1.29, 1.82) is 0 Å². The molecule has 0 aliphatic heterocycles. The Morgan fingerprint density at radius 1 is 1.25 bits per heavy atom. The highest BCUT2D eigenvalue weighted by atomic mass is 79.9. The van der Waals surface area contributed by atoms with Crippen LogP contribution in [0.1, 0.15) is 62.3 Å². The zero-order valence-electron chi connectivity index (χ0n) is 13.5. The highest BCUT2D eigenvalue weighted by molar-refractivity contribution is 9.10. The number of halogens is 1. The minimum absolute atomic E-state index is 0.373. The summed E-state index contributed by atoms with van der Waals surface area (Å²) in [6.45, 7) is 9.68. The van der Waals surface area contributed by atoms with Gasteiger partial charge >= 0.3 is 0 Å². The molecule has 1 unspecified atom stereocenters. The van der Waals surface area contributed by atoms with Crippen LogP contribution in [0, 0.1) is 13.8 Å². The lowest BCUT2D eigenvalue weighted by molar-refractivity contribution is 0.389. The molecule has 1 N–H and O–H groups in total. The fourth-order valence-corrected chi connectivity index (χ4v) is 3.32. The third-order valence-corrected chi connectivity index (χ3v) is 4.63. The summed E-state index contributed by atoms with van der Waals surface area (Å²) in [6.07, 6.45) is 4.96. The van der Waals surface area contributed by atoms with Crippen molar-refractivity contribution in [3.05, 3.63) is 27.2 Å². The van der Waals surface area contributed by atoms with E-state index in [1.54, 1.807) is 7.11 Å². The molecule has 1 aromatic rings. The molecule has 0 saturated carbocycles. The second-order valence-electron chi connectivity index (χ2n) is 5.35. The molecule has 0 aliphatic carbocycles.